The van der Waals surface area contributed by atoms with Gasteiger partial charge in [-0.05, 0) is 149 Å². The van der Waals surface area contributed by atoms with Crippen LogP contribution in [0.1, 0.15) is 125 Å². The Kier molecular flexibility index (Phi) is 8.28. The van der Waals surface area contributed by atoms with Crippen LogP contribution in [0, 0.1) is 45.3 Å². The van der Waals surface area contributed by atoms with Gasteiger partial charge in [-0.25, -0.2) is 4.79 Å². The Labute approximate surface area is 277 Å². The number of aliphatic hydroxyl groups excluding tert-OH is 1. The van der Waals surface area contributed by atoms with Crippen molar-refractivity contribution in [2.24, 2.45) is 45.3 Å². The predicted molar refractivity (Wildman–Crippen MR) is 181 cm³/mol. The van der Waals surface area contributed by atoms with Gasteiger partial charge in [0.25, 0.3) is 0 Å². The zero-order chi connectivity index (χ0) is 33.5. The standard InChI is InChI=1S/C40H60O6/c1-35(2)18-10-19-40(8,46-35)26-15-21-39(7)34(26)28(42)24-31-37(5)20-17-32(36(3,4)30(37)16-22-38(31,39)6)45-33(43)14-12-25-11-13-27(41)29(23-25)44-9/h11-14,23,26,28,30-32,34,41-42H,10,15-22,24H2,1-9H3/b14-12+/t26-,28+,30-,31+,32-,34-,37-,38+,39+,40+/m0/s1. The maximum absolute atomic E-state index is 13.1. The summed E-state index contributed by atoms with van der Waals surface area (Å²) in [5.41, 5.74) is 0.572. The quantitative estimate of drug-likeness (QED) is 0.248. The number of phenolic OH excluding ortho intramolecular Hbond substituents is 1. The van der Waals surface area contributed by atoms with Crippen molar-refractivity contribution in [1.29, 1.82) is 0 Å². The van der Waals surface area contributed by atoms with Crippen LogP contribution in [-0.2, 0) is 14.3 Å². The van der Waals surface area contributed by atoms with Crippen LogP contribution < -0.4 is 4.74 Å². The van der Waals surface area contributed by atoms with Gasteiger partial charge in [-0.3, -0.25) is 0 Å². The maximum atomic E-state index is 13.1. The molecule has 4 saturated carbocycles. The molecule has 0 amide bonds. The van der Waals surface area contributed by atoms with Crippen LogP contribution in [0.25, 0.3) is 6.08 Å². The number of benzene rings is 1. The van der Waals surface area contributed by atoms with E-state index in [0.29, 0.717) is 23.5 Å². The fraction of sp³-hybridized carbons (Fsp3) is 0.775. The molecular formula is C40H60O6. The van der Waals surface area contributed by atoms with E-state index in [1.54, 1.807) is 24.3 Å². The summed E-state index contributed by atoms with van der Waals surface area (Å²) < 4.78 is 18.3. The van der Waals surface area contributed by atoms with Crippen molar-refractivity contribution in [3.05, 3.63) is 29.8 Å². The van der Waals surface area contributed by atoms with E-state index in [4.69, 9.17) is 14.2 Å². The molecule has 6 heteroatoms. The smallest absolute Gasteiger partial charge is 0.331 e. The van der Waals surface area contributed by atoms with E-state index in [1.807, 2.05) is 0 Å². The summed E-state index contributed by atoms with van der Waals surface area (Å²) in [6.07, 6.45) is 13.4. The van der Waals surface area contributed by atoms with Gasteiger partial charge < -0.3 is 24.4 Å². The Morgan fingerprint density at radius 2 is 1.63 bits per heavy atom. The Hall–Kier alpha value is -2.05. The molecule has 0 spiro atoms. The summed E-state index contributed by atoms with van der Waals surface area (Å²) in [4.78, 5) is 13.1. The molecule has 1 aliphatic heterocycles. The number of fused-ring (bicyclic) bond motifs is 5. The molecule has 1 aromatic carbocycles. The van der Waals surface area contributed by atoms with Crippen LogP contribution >= 0.6 is 0 Å². The number of hydrogen-bond acceptors (Lipinski definition) is 6. The third kappa shape index (κ3) is 5.14. The Morgan fingerprint density at radius 1 is 0.913 bits per heavy atom. The fourth-order valence-corrected chi connectivity index (χ4v) is 12.6. The zero-order valence-electron chi connectivity index (χ0n) is 29.9. The molecule has 0 aromatic heterocycles. The lowest BCUT2D eigenvalue weighted by Gasteiger charge is -2.70. The lowest BCUT2D eigenvalue weighted by atomic mass is 9.35. The number of ether oxygens (including phenoxy) is 3. The Balaban J connectivity index is 1.21. The number of aromatic hydroxyl groups is 1. The summed E-state index contributed by atoms with van der Waals surface area (Å²) in [5, 5.41) is 22.1. The highest BCUT2D eigenvalue weighted by atomic mass is 16.5. The second kappa shape index (κ2) is 11.3. The molecule has 0 unspecified atom stereocenters. The van der Waals surface area contributed by atoms with Crippen molar-refractivity contribution in [2.45, 2.75) is 143 Å². The summed E-state index contributed by atoms with van der Waals surface area (Å²) in [6.45, 7) is 19.1. The first-order valence-electron chi connectivity index (χ1n) is 18.0. The Morgan fingerprint density at radius 3 is 2.33 bits per heavy atom. The number of phenols is 1. The second-order valence-electron chi connectivity index (χ2n) is 18.0. The van der Waals surface area contributed by atoms with Crippen LogP contribution in [0.4, 0.5) is 0 Å². The molecule has 10 atom stereocenters. The molecular weight excluding hydrogens is 576 g/mol. The lowest BCUT2D eigenvalue weighted by Crippen LogP contribution is -2.67. The number of hydrogen-bond donors (Lipinski definition) is 2. The molecule has 1 heterocycles. The highest BCUT2D eigenvalue weighted by Gasteiger charge is 2.72. The SMILES string of the molecule is COc1cc(/C=C/C(=O)O[C@H]2CC[C@]3(C)[C@H]4C[C@@H](O)[C@@H]5[C@@H]([C@@]6(C)CCCC(C)(C)O6)CC[C@@]5(C)[C@]4(C)CC[C@H]3C2(C)C)ccc1O. The number of aliphatic hydroxyl groups is 1. The van der Waals surface area contributed by atoms with E-state index in [9.17, 15) is 15.0 Å². The van der Waals surface area contributed by atoms with E-state index >= 15 is 0 Å². The molecule has 2 N–H and O–H groups in total. The first-order valence-corrected chi connectivity index (χ1v) is 18.0. The Bertz CT molecular complexity index is 1370. The van der Waals surface area contributed by atoms with Gasteiger partial charge in [-0.2, -0.15) is 0 Å². The first kappa shape index (κ1) is 33.8. The largest absolute Gasteiger partial charge is 0.504 e. The molecule has 0 bridgehead atoms. The monoisotopic (exact) mass is 636 g/mol. The van der Waals surface area contributed by atoms with Crippen molar-refractivity contribution in [3.63, 3.8) is 0 Å². The number of methoxy groups -OCH3 is 1. The molecule has 0 radical (unpaired) electrons. The molecule has 6 rings (SSSR count). The van der Waals surface area contributed by atoms with Crippen LogP contribution in [-0.4, -0.2) is 46.7 Å². The maximum Gasteiger partial charge on any atom is 0.331 e. The molecule has 46 heavy (non-hydrogen) atoms. The van der Waals surface area contributed by atoms with Gasteiger partial charge in [0.1, 0.15) is 6.10 Å². The summed E-state index contributed by atoms with van der Waals surface area (Å²) in [7, 11) is 1.51. The summed E-state index contributed by atoms with van der Waals surface area (Å²) in [6, 6.07) is 5.01. The van der Waals surface area contributed by atoms with Crippen molar-refractivity contribution >= 4 is 12.0 Å². The highest BCUT2D eigenvalue weighted by Crippen LogP contribution is 2.76. The number of esters is 1. The van der Waals surface area contributed by atoms with Gasteiger partial charge in [-0.1, -0.05) is 40.7 Å². The van der Waals surface area contributed by atoms with Gasteiger partial charge in [-0.15, -0.1) is 0 Å². The van der Waals surface area contributed by atoms with Gasteiger partial charge in [0.05, 0.1) is 24.4 Å². The first-order chi connectivity index (χ1) is 21.4. The van der Waals surface area contributed by atoms with Gasteiger partial charge >= 0.3 is 5.97 Å². The topological polar surface area (TPSA) is 85.2 Å². The van der Waals surface area contributed by atoms with Crippen molar-refractivity contribution in [2.75, 3.05) is 7.11 Å². The van der Waals surface area contributed by atoms with E-state index in [0.717, 1.165) is 63.4 Å². The molecule has 5 fully saturated rings. The fourth-order valence-electron chi connectivity index (χ4n) is 12.6. The highest BCUT2D eigenvalue weighted by molar-refractivity contribution is 5.87. The van der Waals surface area contributed by atoms with Crippen LogP contribution in [0.2, 0.25) is 0 Å². The normalized spacial score (nSPS) is 44.6. The number of carbonyl (C=O) groups is 1. The minimum atomic E-state index is -0.337. The molecule has 4 aliphatic carbocycles. The van der Waals surface area contributed by atoms with E-state index < -0.39 is 0 Å². The van der Waals surface area contributed by atoms with Crippen molar-refractivity contribution < 1.29 is 29.2 Å². The van der Waals surface area contributed by atoms with Crippen LogP contribution in [0.5, 0.6) is 11.5 Å². The van der Waals surface area contributed by atoms with Crippen LogP contribution in [0.15, 0.2) is 24.3 Å². The summed E-state index contributed by atoms with van der Waals surface area (Å²) >= 11 is 0. The van der Waals surface area contributed by atoms with E-state index in [2.05, 4.69) is 55.4 Å². The number of rotatable bonds is 5. The van der Waals surface area contributed by atoms with Crippen molar-refractivity contribution in [1.82, 2.24) is 0 Å². The van der Waals surface area contributed by atoms with Crippen molar-refractivity contribution in [3.8, 4) is 11.5 Å². The lowest BCUT2D eigenvalue weighted by molar-refractivity contribution is -0.258. The average molecular weight is 637 g/mol. The van der Waals surface area contributed by atoms with Crippen LogP contribution in [0.3, 0.4) is 0 Å². The minimum absolute atomic E-state index is 0.0666. The van der Waals surface area contributed by atoms with Gasteiger partial charge in [0.2, 0.25) is 0 Å². The zero-order valence-corrected chi connectivity index (χ0v) is 29.9. The molecule has 6 nitrogen and oxygen atoms in total. The molecule has 256 valence electrons. The molecule has 1 saturated heterocycles. The second-order valence-corrected chi connectivity index (χ2v) is 18.0. The minimum Gasteiger partial charge on any atom is -0.504 e. The van der Waals surface area contributed by atoms with E-state index in [-0.39, 0.29) is 62.7 Å². The predicted octanol–water partition coefficient (Wildman–Crippen LogP) is 8.72. The third-order valence-corrected chi connectivity index (χ3v) is 14.9. The van der Waals surface area contributed by atoms with E-state index in [1.165, 1.54) is 19.6 Å². The van der Waals surface area contributed by atoms with Gasteiger partial charge in [0.15, 0.2) is 11.5 Å². The molecule has 1 aromatic rings. The molecule has 5 aliphatic rings. The average Bonchev–Trinajstić information content (AvgIpc) is 3.35. The van der Waals surface area contributed by atoms with Gasteiger partial charge in [0, 0.05) is 11.5 Å². The number of carbonyl (C=O) groups excluding carboxylic acids is 1. The third-order valence-electron chi connectivity index (χ3n) is 14.9. The summed E-state index contributed by atoms with van der Waals surface area (Å²) in [5.74, 6) is 1.57.